The van der Waals surface area contributed by atoms with Gasteiger partial charge >= 0.3 is 5.69 Å². The van der Waals surface area contributed by atoms with Crippen LogP contribution in [0.25, 0.3) is 0 Å². The van der Waals surface area contributed by atoms with Crippen molar-refractivity contribution in [2.24, 2.45) is 0 Å². The lowest BCUT2D eigenvalue weighted by Gasteiger charge is -2.26. The van der Waals surface area contributed by atoms with E-state index in [4.69, 9.17) is 0 Å². The topological polar surface area (TPSA) is 75.4 Å². The van der Waals surface area contributed by atoms with E-state index in [0.717, 1.165) is 22.5 Å². The zero-order chi connectivity index (χ0) is 21.0. The summed E-state index contributed by atoms with van der Waals surface area (Å²) in [6.45, 7) is 8.97. The normalized spacial score (nSPS) is 10.6. The fourth-order valence-corrected chi connectivity index (χ4v) is 3.42. The lowest BCUT2D eigenvalue weighted by atomic mass is 10.2. The van der Waals surface area contributed by atoms with E-state index in [1.165, 1.54) is 6.33 Å². The van der Waals surface area contributed by atoms with Crippen LogP contribution >= 0.6 is 0 Å². The SMILES string of the molecule is CCN(c1cccc(C)c1)c1ncnc(N(CC)c2cccc(C)c2)c1[N+](=O)[O-]. The fraction of sp³-hybridized carbons (Fsp3) is 0.273. The summed E-state index contributed by atoms with van der Waals surface area (Å²) in [4.78, 5) is 24.1. The molecule has 3 rings (SSSR count). The van der Waals surface area contributed by atoms with Crippen LogP contribution in [0.4, 0.5) is 28.7 Å². The molecule has 0 aliphatic rings. The van der Waals surface area contributed by atoms with Crippen LogP contribution in [0.15, 0.2) is 54.9 Å². The Labute approximate surface area is 170 Å². The Balaban J connectivity index is 2.19. The number of hydrogen-bond acceptors (Lipinski definition) is 6. The zero-order valence-electron chi connectivity index (χ0n) is 17.2. The largest absolute Gasteiger partial charge is 0.354 e. The molecule has 0 unspecified atom stereocenters. The average molecular weight is 391 g/mol. The van der Waals surface area contributed by atoms with E-state index in [1.807, 2.05) is 86.0 Å². The molecule has 0 saturated carbocycles. The second-order valence-electron chi connectivity index (χ2n) is 6.79. The van der Waals surface area contributed by atoms with Gasteiger partial charge in [-0.1, -0.05) is 24.3 Å². The summed E-state index contributed by atoms with van der Waals surface area (Å²) in [6.07, 6.45) is 1.40. The van der Waals surface area contributed by atoms with Crippen molar-refractivity contribution in [2.45, 2.75) is 27.7 Å². The van der Waals surface area contributed by atoms with Crippen molar-refractivity contribution >= 4 is 28.7 Å². The van der Waals surface area contributed by atoms with Gasteiger partial charge in [0.15, 0.2) is 0 Å². The molecular weight excluding hydrogens is 366 g/mol. The van der Waals surface area contributed by atoms with E-state index in [9.17, 15) is 10.1 Å². The van der Waals surface area contributed by atoms with Crippen molar-refractivity contribution in [3.05, 3.63) is 76.1 Å². The monoisotopic (exact) mass is 391 g/mol. The van der Waals surface area contributed by atoms with Gasteiger partial charge in [0.05, 0.1) is 4.92 Å². The Kier molecular flexibility index (Phi) is 6.07. The van der Waals surface area contributed by atoms with Gasteiger partial charge in [-0.25, -0.2) is 9.97 Å². The van der Waals surface area contributed by atoms with E-state index >= 15 is 0 Å². The molecule has 3 aromatic rings. The van der Waals surface area contributed by atoms with Crippen LogP contribution in [0.1, 0.15) is 25.0 Å². The Morgan fingerprint density at radius 3 is 1.66 bits per heavy atom. The van der Waals surface area contributed by atoms with E-state index in [2.05, 4.69) is 9.97 Å². The number of rotatable bonds is 7. The van der Waals surface area contributed by atoms with Gasteiger partial charge in [0.1, 0.15) is 6.33 Å². The summed E-state index contributed by atoms with van der Waals surface area (Å²) in [6, 6.07) is 15.7. The summed E-state index contributed by atoms with van der Waals surface area (Å²) in [5.74, 6) is 0.582. The molecule has 2 aromatic carbocycles. The molecule has 0 fully saturated rings. The lowest BCUT2D eigenvalue weighted by Crippen LogP contribution is -2.23. The summed E-state index contributed by atoms with van der Waals surface area (Å²) >= 11 is 0. The highest BCUT2D eigenvalue weighted by molar-refractivity contribution is 5.79. The maximum Gasteiger partial charge on any atom is 0.354 e. The van der Waals surface area contributed by atoms with Crippen LogP contribution < -0.4 is 9.80 Å². The third-order valence-electron chi connectivity index (χ3n) is 4.74. The van der Waals surface area contributed by atoms with Gasteiger partial charge in [0, 0.05) is 24.5 Å². The first-order chi connectivity index (χ1) is 14.0. The number of nitro groups is 1. The van der Waals surface area contributed by atoms with Crippen LogP contribution in [0.2, 0.25) is 0 Å². The van der Waals surface area contributed by atoms with Gasteiger partial charge in [-0.3, -0.25) is 10.1 Å². The number of aryl methyl sites for hydroxylation is 2. The number of aromatic nitrogens is 2. The predicted molar refractivity (Wildman–Crippen MR) is 116 cm³/mol. The first kappa shape index (κ1) is 20.3. The minimum Gasteiger partial charge on any atom is -0.321 e. The van der Waals surface area contributed by atoms with Gasteiger partial charge < -0.3 is 9.80 Å². The minimum atomic E-state index is -0.387. The number of nitrogens with zero attached hydrogens (tertiary/aromatic N) is 5. The maximum absolute atomic E-state index is 12.2. The number of anilines is 4. The average Bonchev–Trinajstić information content (AvgIpc) is 2.69. The van der Waals surface area contributed by atoms with Crippen molar-refractivity contribution in [1.82, 2.24) is 9.97 Å². The van der Waals surface area contributed by atoms with Crippen LogP contribution in [0.5, 0.6) is 0 Å². The summed E-state index contributed by atoms with van der Waals surface area (Å²) in [5, 5.41) is 12.2. The predicted octanol–water partition coefficient (Wildman–Crippen LogP) is 5.32. The van der Waals surface area contributed by atoms with Crippen molar-refractivity contribution < 1.29 is 4.92 Å². The molecule has 1 aromatic heterocycles. The Hall–Kier alpha value is -3.48. The second-order valence-corrected chi connectivity index (χ2v) is 6.79. The highest BCUT2D eigenvalue weighted by atomic mass is 16.6. The molecule has 0 amide bonds. The molecule has 7 heteroatoms. The molecule has 0 bridgehead atoms. The number of hydrogen-bond donors (Lipinski definition) is 0. The third-order valence-corrected chi connectivity index (χ3v) is 4.74. The van der Waals surface area contributed by atoms with E-state index in [-0.39, 0.29) is 10.6 Å². The molecule has 0 atom stereocenters. The smallest absolute Gasteiger partial charge is 0.321 e. The highest BCUT2D eigenvalue weighted by Crippen LogP contribution is 2.39. The molecule has 150 valence electrons. The third kappa shape index (κ3) is 4.18. The summed E-state index contributed by atoms with van der Waals surface area (Å²) < 4.78 is 0. The Bertz CT molecular complexity index is 950. The van der Waals surface area contributed by atoms with Crippen LogP contribution in [0, 0.1) is 24.0 Å². The first-order valence-electron chi connectivity index (χ1n) is 9.64. The summed E-state index contributed by atoms with van der Waals surface area (Å²) in [5.41, 5.74) is 3.78. The van der Waals surface area contributed by atoms with Crippen LogP contribution in [0.3, 0.4) is 0 Å². The molecule has 0 spiro atoms. The van der Waals surface area contributed by atoms with Gasteiger partial charge in [-0.15, -0.1) is 0 Å². The highest BCUT2D eigenvalue weighted by Gasteiger charge is 2.30. The maximum atomic E-state index is 12.2. The molecular formula is C22H25N5O2. The van der Waals surface area contributed by atoms with Crippen LogP contribution in [-0.2, 0) is 0 Å². The van der Waals surface area contributed by atoms with Crippen LogP contribution in [-0.4, -0.2) is 28.0 Å². The van der Waals surface area contributed by atoms with E-state index in [1.54, 1.807) is 0 Å². The van der Waals surface area contributed by atoms with Gasteiger partial charge in [0.25, 0.3) is 0 Å². The van der Waals surface area contributed by atoms with Gasteiger partial charge in [0.2, 0.25) is 11.6 Å². The van der Waals surface area contributed by atoms with E-state index in [0.29, 0.717) is 24.7 Å². The molecule has 0 aliphatic carbocycles. The quantitative estimate of drug-likeness (QED) is 0.401. The first-order valence-corrected chi connectivity index (χ1v) is 9.64. The molecule has 29 heavy (non-hydrogen) atoms. The standard InChI is InChI=1S/C22H25N5O2/c1-5-25(18-11-7-9-16(3)13-18)21-20(27(28)29)22(24-15-23-21)26(6-2)19-12-8-10-17(4)14-19/h7-15H,5-6H2,1-4H3. The minimum absolute atomic E-state index is 0.0980. The molecule has 0 saturated heterocycles. The van der Waals surface area contributed by atoms with Gasteiger partial charge in [-0.2, -0.15) is 0 Å². The van der Waals surface area contributed by atoms with E-state index < -0.39 is 0 Å². The zero-order valence-corrected chi connectivity index (χ0v) is 17.2. The molecule has 7 nitrogen and oxygen atoms in total. The van der Waals surface area contributed by atoms with Crippen molar-refractivity contribution in [2.75, 3.05) is 22.9 Å². The second kappa shape index (κ2) is 8.68. The molecule has 0 radical (unpaired) electrons. The summed E-state index contributed by atoms with van der Waals surface area (Å²) in [7, 11) is 0. The van der Waals surface area contributed by atoms with Crippen molar-refractivity contribution in [3.63, 3.8) is 0 Å². The van der Waals surface area contributed by atoms with Gasteiger partial charge in [-0.05, 0) is 63.1 Å². The lowest BCUT2D eigenvalue weighted by molar-refractivity contribution is -0.383. The molecule has 0 aliphatic heterocycles. The molecule has 1 heterocycles. The number of benzene rings is 2. The Morgan fingerprint density at radius 2 is 1.31 bits per heavy atom. The molecule has 0 N–H and O–H groups in total. The Morgan fingerprint density at radius 1 is 0.862 bits per heavy atom. The van der Waals surface area contributed by atoms with Crippen molar-refractivity contribution in [1.29, 1.82) is 0 Å². The van der Waals surface area contributed by atoms with Crippen molar-refractivity contribution in [3.8, 4) is 0 Å². The fourth-order valence-electron chi connectivity index (χ4n) is 3.42.